The van der Waals surface area contributed by atoms with Gasteiger partial charge < -0.3 is 10.1 Å². The topological polar surface area (TPSA) is 73.2 Å². The van der Waals surface area contributed by atoms with Gasteiger partial charge in [-0.2, -0.15) is 0 Å². The zero-order valence-electron chi connectivity index (χ0n) is 18.0. The molecule has 168 valence electrons. The average Bonchev–Trinajstić information content (AvgIpc) is 3.54. The Kier molecular flexibility index (Phi) is 6.62. The summed E-state index contributed by atoms with van der Waals surface area (Å²) in [5.74, 6) is 0.185. The van der Waals surface area contributed by atoms with Crippen molar-refractivity contribution in [2.45, 2.75) is 56.3 Å². The summed E-state index contributed by atoms with van der Waals surface area (Å²) in [7, 11) is 0. The van der Waals surface area contributed by atoms with Gasteiger partial charge in [-0.3, -0.25) is 14.2 Å². The number of ether oxygens (including phenoxy) is 1. The number of thiophene rings is 1. The third kappa shape index (κ3) is 4.63. The predicted octanol–water partition coefficient (Wildman–Crippen LogP) is 3.58. The van der Waals surface area contributed by atoms with Crippen LogP contribution in [0, 0.1) is 0 Å². The van der Waals surface area contributed by atoms with Crippen molar-refractivity contribution in [2.24, 2.45) is 0 Å². The van der Waals surface area contributed by atoms with Gasteiger partial charge in [0.15, 0.2) is 5.16 Å². The summed E-state index contributed by atoms with van der Waals surface area (Å²) in [6.45, 7) is 1.87. The molecule has 2 aliphatic rings. The van der Waals surface area contributed by atoms with E-state index < -0.39 is 0 Å². The van der Waals surface area contributed by atoms with Crippen LogP contribution in [-0.2, 0) is 35.3 Å². The summed E-state index contributed by atoms with van der Waals surface area (Å²) in [4.78, 5) is 32.9. The number of thioether (sulfide) groups is 1. The Labute approximate surface area is 195 Å². The zero-order valence-corrected chi connectivity index (χ0v) is 19.6. The Hall–Kier alpha value is -2.16. The molecule has 1 fully saturated rings. The van der Waals surface area contributed by atoms with Gasteiger partial charge in [-0.05, 0) is 49.7 Å². The molecule has 0 saturated carbocycles. The molecule has 0 radical (unpaired) electrons. The van der Waals surface area contributed by atoms with Crippen molar-refractivity contribution in [2.75, 3.05) is 18.9 Å². The molecule has 0 spiro atoms. The number of amides is 1. The van der Waals surface area contributed by atoms with Crippen LogP contribution in [0.5, 0.6) is 0 Å². The SMILES string of the molecule is O=C(CSc1nc2sc3c(c2c(=O)n1CCc1ccccc1)CCC3)NC[C@@H]1CCCO1. The molecular weight excluding hydrogens is 442 g/mol. The Balaban J connectivity index is 1.37. The molecule has 8 heteroatoms. The Morgan fingerprint density at radius 2 is 2.12 bits per heavy atom. The molecule has 1 N–H and O–H groups in total. The first-order chi connectivity index (χ1) is 15.7. The number of carbonyl (C=O) groups excluding carboxylic acids is 1. The fourth-order valence-electron chi connectivity index (χ4n) is 4.47. The van der Waals surface area contributed by atoms with E-state index in [1.165, 1.54) is 27.8 Å². The lowest BCUT2D eigenvalue weighted by Gasteiger charge is -2.13. The molecule has 0 unspecified atom stereocenters. The second-order valence-corrected chi connectivity index (χ2v) is 10.4. The van der Waals surface area contributed by atoms with E-state index in [1.54, 1.807) is 15.9 Å². The first kappa shape index (κ1) is 21.7. The van der Waals surface area contributed by atoms with Crippen LogP contribution in [0.1, 0.15) is 35.3 Å². The van der Waals surface area contributed by atoms with E-state index in [0.29, 0.717) is 18.2 Å². The number of benzene rings is 1. The highest BCUT2D eigenvalue weighted by Gasteiger charge is 2.24. The molecule has 1 saturated heterocycles. The number of nitrogens with one attached hydrogen (secondary N) is 1. The van der Waals surface area contributed by atoms with Crippen molar-refractivity contribution in [3.05, 3.63) is 56.7 Å². The minimum atomic E-state index is -0.0527. The monoisotopic (exact) mass is 469 g/mol. The van der Waals surface area contributed by atoms with Gasteiger partial charge in [-0.1, -0.05) is 42.1 Å². The molecule has 1 aliphatic carbocycles. The van der Waals surface area contributed by atoms with Gasteiger partial charge in [0.25, 0.3) is 5.56 Å². The molecule has 1 atom stereocenters. The van der Waals surface area contributed by atoms with E-state index in [2.05, 4.69) is 17.4 Å². The molecule has 32 heavy (non-hydrogen) atoms. The summed E-state index contributed by atoms with van der Waals surface area (Å²) in [6, 6.07) is 10.2. The van der Waals surface area contributed by atoms with E-state index in [1.807, 2.05) is 18.2 Å². The molecular formula is C24H27N3O3S2. The van der Waals surface area contributed by atoms with Crippen LogP contribution in [0.15, 0.2) is 40.3 Å². The fourth-order valence-corrected chi connectivity index (χ4v) is 6.62. The van der Waals surface area contributed by atoms with E-state index in [0.717, 1.165) is 55.3 Å². The highest BCUT2D eigenvalue weighted by atomic mass is 32.2. The number of rotatable bonds is 8. The Morgan fingerprint density at radius 1 is 1.25 bits per heavy atom. The maximum atomic E-state index is 13.5. The van der Waals surface area contributed by atoms with Gasteiger partial charge in [0.1, 0.15) is 4.83 Å². The molecule has 3 aromatic rings. The van der Waals surface area contributed by atoms with Gasteiger partial charge in [0.2, 0.25) is 5.91 Å². The minimum absolute atomic E-state index is 0.0348. The largest absolute Gasteiger partial charge is 0.376 e. The lowest BCUT2D eigenvalue weighted by Crippen LogP contribution is -2.33. The second kappa shape index (κ2) is 9.77. The number of nitrogens with zero attached hydrogens (tertiary/aromatic N) is 2. The summed E-state index contributed by atoms with van der Waals surface area (Å²) in [5, 5.41) is 4.38. The molecule has 5 rings (SSSR count). The third-order valence-electron chi connectivity index (χ3n) is 6.14. The van der Waals surface area contributed by atoms with Gasteiger partial charge in [0.05, 0.1) is 17.2 Å². The van der Waals surface area contributed by atoms with E-state index in [9.17, 15) is 9.59 Å². The highest BCUT2D eigenvalue weighted by Crippen LogP contribution is 2.35. The third-order valence-corrected chi connectivity index (χ3v) is 8.30. The maximum absolute atomic E-state index is 13.5. The molecule has 6 nitrogen and oxygen atoms in total. The molecule has 1 amide bonds. The average molecular weight is 470 g/mol. The molecule has 3 heterocycles. The van der Waals surface area contributed by atoms with E-state index in [-0.39, 0.29) is 23.3 Å². The summed E-state index contributed by atoms with van der Waals surface area (Å²) in [5.41, 5.74) is 2.41. The second-order valence-electron chi connectivity index (χ2n) is 8.35. The highest BCUT2D eigenvalue weighted by molar-refractivity contribution is 7.99. The molecule has 1 aliphatic heterocycles. The van der Waals surface area contributed by atoms with Crippen LogP contribution < -0.4 is 10.9 Å². The van der Waals surface area contributed by atoms with Crippen molar-refractivity contribution in [3.8, 4) is 0 Å². The molecule has 1 aromatic carbocycles. The van der Waals surface area contributed by atoms with Crippen LogP contribution in [0.4, 0.5) is 0 Å². The lowest BCUT2D eigenvalue weighted by molar-refractivity contribution is -0.119. The molecule has 0 bridgehead atoms. The Bertz CT molecular complexity index is 1170. The standard InChI is InChI=1S/C24H27N3O3S2/c28-20(25-14-17-8-5-13-30-17)15-31-24-26-22-21(18-9-4-10-19(18)32-22)23(29)27(24)12-11-16-6-2-1-3-7-16/h1-3,6-7,17H,4-5,8-15H2,(H,25,28)/t17-/m0/s1. The lowest BCUT2D eigenvalue weighted by atomic mass is 10.1. The van der Waals surface area contributed by atoms with E-state index in [4.69, 9.17) is 9.72 Å². The van der Waals surface area contributed by atoms with Crippen molar-refractivity contribution >= 4 is 39.2 Å². The summed E-state index contributed by atoms with van der Waals surface area (Å²) in [6.07, 6.45) is 6.03. The Morgan fingerprint density at radius 3 is 2.94 bits per heavy atom. The van der Waals surface area contributed by atoms with Crippen molar-refractivity contribution in [1.29, 1.82) is 0 Å². The number of carbonyl (C=O) groups is 1. The van der Waals surface area contributed by atoms with Crippen LogP contribution >= 0.6 is 23.1 Å². The summed E-state index contributed by atoms with van der Waals surface area (Å²) < 4.78 is 7.35. The summed E-state index contributed by atoms with van der Waals surface area (Å²) >= 11 is 2.99. The van der Waals surface area contributed by atoms with E-state index >= 15 is 0 Å². The van der Waals surface area contributed by atoms with Crippen molar-refractivity contribution in [1.82, 2.24) is 14.9 Å². The van der Waals surface area contributed by atoms with Crippen molar-refractivity contribution < 1.29 is 9.53 Å². The smallest absolute Gasteiger partial charge is 0.263 e. The van der Waals surface area contributed by atoms with Crippen LogP contribution in [0.3, 0.4) is 0 Å². The number of hydrogen-bond donors (Lipinski definition) is 1. The quantitative estimate of drug-likeness (QED) is 0.403. The van der Waals surface area contributed by atoms with Gasteiger partial charge in [0, 0.05) is 24.6 Å². The van der Waals surface area contributed by atoms with Gasteiger partial charge in [-0.15, -0.1) is 11.3 Å². The van der Waals surface area contributed by atoms with Crippen LogP contribution in [0.2, 0.25) is 0 Å². The van der Waals surface area contributed by atoms with Crippen LogP contribution in [-0.4, -0.2) is 40.5 Å². The maximum Gasteiger partial charge on any atom is 0.263 e. The van der Waals surface area contributed by atoms with Gasteiger partial charge >= 0.3 is 0 Å². The minimum Gasteiger partial charge on any atom is -0.376 e. The number of hydrogen-bond acceptors (Lipinski definition) is 6. The number of fused-ring (bicyclic) bond motifs is 3. The number of aromatic nitrogens is 2. The predicted molar refractivity (Wildman–Crippen MR) is 129 cm³/mol. The normalized spacial score (nSPS) is 17.7. The fraction of sp³-hybridized carbons (Fsp3) is 0.458. The zero-order chi connectivity index (χ0) is 21.9. The first-order valence-corrected chi connectivity index (χ1v) is 13.1. The van der Waals surface area contributed by atoms with Crippen molar-refractivity contribution in [3.63, 3.8) is 0 Å². The number of aryl methyl sites for hydroxylation is 3. The first-order valence-electron chi connectivity index (χ1n) is 11.3. The van der Waals surface area contributed by atoms with Crippen LogP contribution in [0.25, 0.3) is 10.2 Å². The molecule has 2 aromatic heterocycles. The van der Waals surface area contributed by atoms with Gasteiger partial charge in [-0.25, -0.2) is 4.98 Å².